The molecule has 2 amide bonds. The van der Waals surface area contributed by atoms with E-state index in [0.29, 0.717) is 18.5 Å². The van der Waals surface area contributed by atoms with Gasteiger partial charge in [-0.2, -0.15) is 5.10 Å². The number of ether oxygens (including phenoxy) is 1. The lowest BCUT2D eigenvalue weighted by Gasteiger charge is -2.21. The molecule has 2 aromatic carbocycles. The molecule has 3 aromatic rings. The quantitative estimate of drug-likeness (QED) is 0.481. The molecule has 35 heavy (non-hydrogen) atoms. The zero-order chi connectivity index (χ0) is 24.4. The highest BCUT2D eigenvalue weighted by molar-refractivity contribution is 5.93. The Morgan fingerprint density at radius 3 is 2.40 bits per heavy atom. The first kappa shape index (κ1) is 22.6. The third kappa shape index (κ3) is 4.75. The molecular formula is C26H26N4O5. The van der Waals surface area contributed by atoms with Gasteiger partial charge in [-0.25, -0.2) is 4.79 Å². The summed E-state index contributed by atoms with van der Waals surface area (Å²) in [5, 5.41) is 18.4. The lowest BCUT2D eigenvalue weighted by atomic mass is 9.98. The Bertz CT molecular complexity index is 1220. The molecule has 1 fully saturated rings. The van der Waals surface area contributed by atoms with E-state index < -0.39 is 18.0 Å². The normalized spacial score (nSPS) is 18.5. The van der Waals surface area contributed by atoms with E-state index in [4.69, 9.17) is 9.84 Å². The van der Waals surface area contributed by atoms with Crippen LogP contribution in [0.4, 0.5) is 10.5 Å². The second-order valence-electron chi connectivity index (χ2n) is 8.92. The summed E-state index contributed by atoms with van der Waals surface area (Å²) < 4.78 is 6.87. The van der Waals surface area contributed by atoms with E-state index in [1.54, 1.807) is 0 Å². The van der Waals surface area contributed by atoms with Crippen molar-refractivity contribution >= 4 is 23.7 Å². The number of aromatic nitrogens is 2. The van der Waals surface area contributed by atoms with Crippen LogP contribution in [0.25, 0.3) is 11.1 Å². The van der Waals surface area contributed by atoms with Crippen molar-refractivity contribution in [3.8, 4) is 11.1 Å². The fourth-order valence-electron chi connectivity index (χ4n) is 5.13. The predicted molar refractivity (Wildman–Crippen MR) is 128 cm³/mol. The number of carboxylic acids is 1. The van der Waals surface area contributed by atoms with Gasteiger partial charge in [0.1, 0.15) is 13.2 Å². The number of carbonyl (C=O) groups is 3. The molecule has 2 aliphatic rings. The number of aliphatic carboxylic acids is 1. The van der Waals surface area contributed by atoms with E-state index in [2.05, 4.69) is 40.0 Å². The summed E-state index contributed by atoms with van der Waals surface area (Å²) in [6.07, 6.45) is 4.47. The molecule has 1 saturated carbocycles. The molecule has 0 radical (unpaired) electrons. The molecule has 2 aliphatic carbocycles. The van der Waals surface area contributed by atoms with Gasteiger partial charge in [0, 0.05) is 18.2 Å². The van der Waals surface area contributed by atoms with Gasteiger partial charge in [-0.3, -0.25) is 14.3 Å². The Morgan fingerprint density at radius 1 is 1.03 bits per heavy atom. The van der Waals surface area contributed by atoms with Crippen molar-refractivity contribution in [2.75, 3.05) is 11.9 Å². The van der Waals surface area contributed by atoms with Gasteiger partial charge in [-0.15, -0.1) is 0 Å². The number of rotatable bonds is 7. The zero-order valence-corrected chi connectivity index (χ0v) is 19.0. The van der Waals surface area contributed by atoms with Gasteiger partial charge in [-0.1, -0.05) is 55.0 Å². The summed E-state index contributed by atoms with van der Waals surface area (Å²) in [6, 6.07) is 16.0. The number of fused-ring (bicyclic) bond motifs is 3. The lowest BCUT2D eigenvalue weighted by Crippen LogP contribution is -2.42. The van der Waals surface area contributed by atoms with Crippen LogP contribution in [0.15, 0.2) is 60.9 Å². The summed E-state index contributed by atoms with van der Waals surface area (Å²) >= 11 is 0. The summed E-state index contributed by atoms with van der Waals surface area (Å²) in [5.74, 6) is -1.69. The summed E-state index contributed by atoms with van der Waals surface area (Å²) in [6.45, 7) is -0.0720. The molecule has 3 N–H and O–H groups in total. The third-order valence-electron chi connectivity index (χ3n) is 6.70. The highest BCUT2D eigenvalue weighted by atomic mass is 16.5. The van der Waals surface area contributed by atoms with Crippen LogP contribution in [0.1, 0.15) is 36.3 Å². The molecule has 9 heteroatoms. The molecule has 0 saturated heterocycles. The SMILES string of the molecule is O=C(O)Cn1cc(NC(=O)[C@H]2CCC[C@H]2NC(=O)OCC2c3ccccc3-c3ccccc32)cn1. The summed E-state index contributed by atoms with van der Waals surface area (Å²) in [7, 11) is 0. The average Bonchev–Trinajstić information content (AvgIpc) is 3.55. The van der Waals surface area contributed by atoms with Crippen LogP contribution in [0.3, 0.4) is 0 Å². The number of alkyl carbamates (subject to hydrolysis) is 1. The van der Waals surface area contributed by atoms with Crippen LogP contribution in [-0.4, -0.2) is 45.5 Å². The molecule has 5 rings (SSSR count). The van der Waals surface area contributed by atoms with Gasteiger partial charge in [0.25, 0.3) is 0 Å². The van der Waals surface area contributed by atoms with Crippen molar-refractivity contribution < 1.29 is 24.2 Å². The van der Waals surface area contributed by atoms with Crippen LogP contribution in [0.2, 0.25) is 0 Å². The van der Waals surface area contributed by atoms with E-state index in [1.807, 2.05) is 24.3 Å². The second-order valence-corrected chi connectivity index (χ2v) is 8.92. The molecule has 1 aromatic heterocycles. The van der Waals surface area contributed by atoms with Gasteiger partial charge in [0.05, 0.1) is 17.8 Å². The standard InChI is InChI=1S/C26H26N4O5/c31-24(32)14-30-13-16(12-27-30)28-25(33)21-10-5-11-23(21)29-26(34)35-15-22-19-8-3-1-6-17(19)18-7-2-4-9-20(18)22/h1-4,6-9,12-13,21-23H,5,10-11,14-15H2,(H,28,33)(H,29,34)(H,31,32)/t21-,23+/m0/s1. The number of anilines is 1. The third-order valence-corrected chi connectivity index (χ3v) is 6.70. The van der Waals surface area contributed by atoms with E-state index in [0.717, 1.165) is 28.7 Å². The number of carboxylic acid groups (broad SMARTS) is 1. The predicted octanol–water partition coefficient (Wildman–Crippen LogP) is 3.61. The van der Waals surface area contributed by atoms with E-state index in [1.165, 1.54) is 17.1 Å². The minimum absolute atomic E-state index is 0.0295. The minimum atomic E-state index is -1.02. The Kier molecular flexibility index (Phi) is 6.22. The lowest BCUT2D eigenvalue weighted by molar-refractivity contribution is -0.137. The number of amides is 2. The summed E-state index contributed by atoms with van der Waals surface area (Å²) in [5.41, 5.74) is 5.03. The highest BCUT2D eigenvalue weighted by Crippen LogP contribution is 2.44. The topological polar surface area (TPSA) is 123 Å². The Labute approximate surface area is 202 Å². The van der Waals surface area contributed by atoms with Gasteiger partial charge in [-0.05, 0) is 35.1 Å². The first-order valence-corrected chi connectivity index (χ1v) is 11.7. The molecular weight excluding hydrogens is 448 g/mol. The first-order chi connectivity index (χ1) is 17.0. The fraction of sp³-hybridized carbons (Fsp3) is 0.308. The molecule has 0 bridgehead atoms. The Hall–Kier alpha value is -4.14. The van der Waals surface area contributed by atoms with E-state index in [9.17, 15) is 14.4 Å². The maximum atomic E-state index is 12.8. The monoisotopic (exact) mass is 474 g/mol. The van der Waals surface area contributed by atoms with Crippen molar-refractivity contribution in [1.82, 2.24) is 15.1 Å². The van der Waals surface area contributed by atoms with Crippen LogP contribution >= 0.6 is 0 Å². The fourth-order valence-corrected chi connectivity index (χ4v) is 5.13. The number of benzene rings is 2. The molecule has 180 valence electrons. The number of hydrogen-bond donors (Lipinski definition) is 3. The van der Waals surface area contributed by atoms with Crippen LogP contribution in [0.5, 0.6) is 0 Å². The van der Waals surface area contributed by atoms with Gasteiger partial charge in [0.2, 0.25) is 5.91 Å². The number of carbonyl (C=O) groups excluding carboxylic acids is 2. The minimum Gasteiger partial charge on any atom is -0.480 e. The highest BCUT2D eigenvalue weighted by Gasteiger charge is 2.35. The van der Waals surface area contributed by atoms with Gasteiger partial charge in [0.15, 0.2) is 0 Å². The molecule has 0 aliphatic heterocycles. The van der Waals surface area contributed by atoms with E-state index in [-0.39, 0.29) is 31.0 Å². The smallest absolute Gasteiger partial charge is 0.407 e. The first-order valence-electron chi connectivity index (χ1n) is 11.7. The Balaban J connectivity index is 1.18. The van der Waals surface area contributed by atoms with Gasteiger partial charge < -0.3 is 20.5 Å². The summed E-state index contributed by atoms with van der Waals surface area (Å²) in [4.78, 5) is 36.3. The van der Waals surface area contributed by atoms with Gasteiger partial charge >= 0.3 is 12.1 Å². The number of nitrogens with one attached hydrogen (secondary N) is 2. The Morgan fingerprint density at radius 2 is 1.71 bits per heavy atom. The van der Waals surface area contributed by atoms with Crippen molar-refractivity contribution in [1.29, 1.82) is 0 Å². The van der Waals surface area contributed by atoms with Crippen LogP contribution in [0, 0.1) is 5.92 Å². The van der Waals surface area contributed by atoms with Crippen LogP contribution in [-0.2, 0) is 20.9 Å². The molecule has 1 heterocycles. The maximum Gasteiger partial charge on any atom is 0.407 e. The van der Waals surface area contributed by atoms with Crippen molar-refractivity contribution in [2.45, 2.75) is 37.8 Å². The average molecular weight is 475 g/mol. The number of hydrogen-bond acceptors (Lipinski definition) is 5. The molecule has 0 spiro atoms. The number of nitrogens with zero attached hydrogens (tertiary/aromatic N) is 2. The largest absolute Gasteiger partial charge is 0.480 e. The van der Waals surface area contributed by atoms with Crippen molar-refractivity contribution in [3.05, 3.63) is 72.1 Å². The van der Waals surface area contributed by atoms with E-state index >= 15 is 0 Å². The van der Waals surface area contributed by atoms with Crippen LogP contribution < -0.4 is 10.6 Å². The molecule has 0 unspecified atom stereocenters. The molecule has 9 nitrogen and oxygen atoms in total. The van der Waals surface area contributed by atoms with Crippen molar-refractivity contribution in [2.24, 2.45) is 5.92 Å². The molecule has 2 atom stereocenters. The zero-order valence-electron chi connectivity index (χ0n) is 19.0. The second kappa shape index (κ2) is 9.61. The van der Waals surface area contributed by atoms with Crippen molar-refractivity contribution in [3.63, 3.8) is 0 Å². The maximum absolute atomic E-state index is 12.8.